The Morgan fingerprint density at radius 2 is 1.94 bits per heavy atom. The molecule has 0 aliphatic heterocycles. The van der Waals surface area contributed by atoms with Crippen LogP contribution in [0.5, 0.6) is 0 Å². The highest BCUT2D eigenvalue weighted by Crippen LogP contribution is 2.18. The first-order valence-electron chi connectivity index (χ1n) is 5.66. The monoisotopic (exact) mass is 224 g/mol. The molecule has 0 heterocycles. The van der Waals surface area contributed by atoms with Crippen molar-refractivity contribution in [1.29, 1.82) is 0 Å². The van der Waals surface area contributed by atoms with Crippen molar-refractivity contribution in [1.82, 2.24) is 4.90 Å². The largest absolute Gasteiger partial charge is 0.396 e. The second kappa shape index (κ2) is 5.30. The molecule has 1 aromatic rings. The van der Waals surface area contributed by atoms with Gasteiger partial charge in [-0.2, -0.15) is 0 Å². The van der Waals surface area contributed by atoms with Crippen molar-refractivity contribution >= 4 is 5.69 Å². The number of benzene rings is 1. The van der Waals surface area contributed by atoms with Gasteiger partial charge in [0, 0.05) is 18.2 Å². The summed E-state index contributed by atoms with van der Waals surface area (Å²) in [7, 11) is 2.01. The van der Waals surface area contributed by atoms with E-state index in [9.17, 15) is 4.39 Å². The van der Waals surface area contributed by atoms with Crippen LogP contribution in [0, 0.1) is 11.7 Å². The quantitative estimate of drug-likeness (QED) is 0.797. The third kappa shape index (κ3) is 2.95. The number of hydrogen-bond acceptors (Lipinski definition) is 2. The van der Waals surface area contributed by atoms with E-state index >= 15 is 0 Å². The minimum absolute atomic E-state index is 0.225. The topological polar surface area (TPSA) is 29.3 Å². The van der Waals surface area contributed by atoms with E-state index in [-0.39, 0.29) is 11.5 Å². The summed E-state index contributed by atoms with van der Waals surface area (Å²) in [4.78, 5) is 2.14. The molecule has 90 valence electrons. The minimum Gasteiger partial charge on any atom is -0.396 e. The third-order valence-electron chi connectivity index (χ3n) is 3.19. The van der Waals surface area contributed by atoms with Crippen LogP contribution >= 0.6 is 0 Å². The van der Waals surface area contributed by atoms with Crippen molar-refractivity contribution in [3.05, 3.63) is 29.6 Å². The molecule has 3 heteroatoms. The van der Waals surface area contributed by atoms with Gasteiger partial charge in [-0.1, -0.05) is 26.0 Å². The van der Waals surface area contributed by atoms with Gasteiger partial charge in [0.05, 0.1) is 5.69 Å². The molecule has 0 saturated heterocycles. The molecule has 2 nitrogen and oxygen atoms in total. The van der Waals surface area contributed by atoms with E-state index in [1.54, 1.807) is 18.2 Å². The van der Waals surface area contributed by atoms with Crippen LogP contribution in [0.25, 0.3) is 0 Å². The lowest BCUT2D eigenvalue weighted by molar-refractivity contribution is 0.198. The van der Waals surface area contributed by atoms with Gasteiger partial charge < -0.3 is 5.73 Å². The van der Waals surface area contributed by atoms with Crippen molar-refractivity contribution < 1.29 is 4.39 Å². The Morgan fingerprint density at radius 1 is 1.31 bits per heavy atom. The minimum atomic E-state index is -0.287. The average molecular weight is 224 g/mol. The van der Waals surface area contributed by atoms with E-state index in [1.807, 2.05) is 7.05 Å². The van der Waals surface area contributed by atoms with Crippen molar-refractivity contribution in [3.63, 3.8) is 0 Å². The van der Waals surface area contributed by atoms with Crippen molar-refractivity contribution in [2.24, 2.45) is 5.92 Å². The van der Waals surface area contributed by atoms with Gasteiger partial charge in [0.25, 0.3) is 0 Å². The predicted molar refractivity (Wildman–Crippen MR) is 66.6 cm³/mol. The zero-order chi connectivity index (χ0) is 12.3. The molecule has 0 bridgehead atoms. The van der Waals surface area contributed by atoms with Crippen molar-refractivity contribution in [2.75, 3.05) is 12.8 Å². The van der Waals surface area contributed by atoms with E-state index in [0.717, 1.165) is 0 Å². The van der Waals surface area contributed by atoms with Crippen LogP contribution in [-0.2, 0) is 6.54 Å². The number of hydrogen-bond donors (Lipinski definition) is 1. The summed E-state index contributed by atoms with van der Waals surface area (Å²) in [5, 5.41) is 0. The Morgan fingerprint density at radius 3 is 2.50 bits per heavy atom. The first-order valence-corrected chi connectivity index (χ1v) is 5.66. The maximum absolute atomic E-state index is 13.7. The SMILES string of the molecule is CC(C)C(C)N(C)Cc1cccc(N)c1F. The summed E-state index contributed by atoms with van der Waals surface area (Å²) in [6, 6.07) is 5.59. The Kier molecular flexibility index (Phi) is 4.30. The van der Waals surface area contributed by atoms with Gasteiger partial charge >= 0.3 is 0 Å². The van der Waals surface area contributed by atoms with Crippen LogP contribution in [0.3, 0.4) is 0 Å². The Hall–Kier alpha value is -1.09. The van der Waals surface area contributed by atoms with Crippen LogP contribution in [0.1, 0.15) is 26.3 Å². The number of nitrogen functional groups attached to an aromatic ring is 1. The lowest BCUT2D eigenvalue weighted by atomic mass is 10.0. The molecule has 2 N–H and O–H groups in total. The summed E-state index contributed by atoms with van der Waals surface area (Å²) in [5.74, 6) is 0.263. The number of halogens is 1. The van der Waals surface area contributed by atoms with Gasteiger partial charge in [0.1, 0.15) is 0 Å². The number of rotatable bonds is 4. The second-order valence-electron chi connectivity index (χ2n) is 4.72. The molecule has 0 radical (unpaired) electrons. The number of nitrogens with zero attached hydrogens (tertiary/aromatic N) is 1. The summed E-state index contributed by atoms with van der Waals surface area (Å²) in [6.07, 6.45) is 0. The van der Waals surface area contributed by atoms with Gasteiger partial charge in [0.2, 0.25) is 0 Å². The highest BCUT2D eigenvalue weighted by atomic mass is 19.1. The molecule has 0 spiro atoms. The smallest absolute Gasteiger partial charge is 0.150 e. The van der Waals surface area contributed by atoms with Gasteiger partial charge in [-0.3, -0.25) is 4.90 Å². The zero-order valence-electron chi connectivity index (χ0n) is 10.5. The Balaban J connectivity index is 2.77. The molecular weight excluding hydrogens is 203 g/mol. The molecule has 0 aliphatic carbocycles. The van der Waals surface area contributed by atoms with Crippen molar-refractivity contribution in [3.8, 4) is 0 Å². The first kappa shape index (κ1) is 13.0. The van der Waals surface area contributed by atoms with Crippen LogP contribution in [0.15, 0.2) is 18.2 Å². The summed E-state index contributed by atoms with van der Waals surface area (Å²) in [6.45, 7) is 7.07. The molecular formula is C13H21FN2. The summed E-state index contributed by atoms with van der Waals surface area (Å²) in [5.41, 5.74) is 6.43. The summed E-state index contributed by atoms with van der Waals surface area (Å²) < 4.78 is 13.7. The van der Waals surface area contributed by atoms with Crippen LogP contribution in [0.4, 0.5) is 10.1 Å². The van der Waals surface area contributed by atoms with Crippen LogP contribution in [-0.4, -0.2) is 18.0 Å². The second-order valence-corrected chi connectivity index (χ2v) is 4.72. The third-order valence-corrected chi connectivity index (χ3v) is 3.19. The van der Waals surface area contributed by atoms with Gasteiger partial charge in [0.15, 0.2) is 5.82 Å². The van der Waals surface area contributed by atoms with Gasteiger partial charge in [-0.25, -0.2) is 4.39 Å². The van der Waals surface area contributed by atoms with Crippen molar-refractivity contribution in [2.45, 2.75) is 33.4 Å². The fraction of sp³-hybridized carbons (Fsp3) is 0.538. The molecule has 1 aromatic carbocycles. The van der Waals surface area contributed by atoms with Crippen LogP contribution < -0.4 is 5.73 Å². The first-order chi connectivity index (χ1) is 7.43. The molecule has 0 aromatic heterocycles. The summed E-state index contributed by atoms with van der Waals surface area (Å²) >= 11 is 0. The van der Waals surface area contributed by atoms with E-state index in [0.29, 0.717) is 24.1 Å². The molecule has 0 amide bonds. The molecule has 1 atom stereocenters. The number of anilines is 1. The fourth-order valence-corrected chi connectivity index (χ4v) is 1.64. The maximum atomic E-state index is 13.7. The highest BCUT2D eigenvalue weighted by molar-refractivity contribution is 5.42. The molecule has 1 rings (SSSR count). The van der Waals surface area contributed by atoms with E-state index in [4.69, 9.17) is 5.73 Å². The molecule has 0 saturated carbocycles. The lowest BCUT2D eigenvalue weighted by Gasteiger charge is -2.28. The number of nitrogens with two attached hydrogens (primary N) is 1. The normalized spacial score (nSPS) is 13.4. The Bertz CT molecular complexity index is 350. The van der Waals surface area contributed by atoms with Gasteiger partial charge in [-0.15, -0.1) is 0 Å². The maximum Gasteiger partial charge on any atom is 0.150 e. The molecule has 1 unspecified atom stereocenters. The highest BCUT2D eigenvalue weighted by Gasteiger charge is 2.15. The Labute approximate surface area is 97.3 Å². The van der Waals surface area contributed by atoms with Gasteiger partial charge in [-0.05, 0) is 26.0 Å². The fourth-order valence-electron chi connectivity index (χ4n) is 1.64. The molecule has 16 heavy (non-hydrogen) atoms. The lowest BCUT2D eigenvalue weighted by Crippen LogP contribution is -2.33. The standard InChI is InChI=1S/C13H21FN2/c1-9(2)10(3)16(4)8-11-6-5-7-12(15)13(11)14/h5-7,9-10H,8,15H2,1-4H3. The molecule has 0 fully saturated rings. The van der Waals surface area contributed by atoms with E-state index < -0.39 is 0 Å². The van der Waals surface area contributed by atoms with E-state index in [1.165, 1.54) is 0 Å². The van der Waals surface area contributed by atoms with E-state index in [2.05, 4.69) is 25.7 Å². The predicted octanol–water partition coefficient (Wildman–Crippen LogP) is 2.88. The average Bonchev–Trinajstić information content (AvgIpc) is 2.23. The van der Waals surface area contributed by atoms with Crippen LogP contribution in [0.2, 0.25) is 0 Å². The zero-order valence-corrected chi connectivity index (χ0v) is 10.5. The molecule has 0 aliphatic rings.